The van der Waals surface area contributed by atoms with Gasteiger partial charge in [-0.15, -0.1) is 0 Å². The molecule has 0 radical (unpaired) electrons. The lowest BCUT2D eigenvalue weighted by atomic mass is 10.2. The molecular formula is C12H24O3. The Morgan fingerprint density at radius 1 is 1.07 bits per heavy atom. The Morgan fingerprint density at radius 2 is 1.67 bits per heavy atom. The molecule has 0 fully saturated rings. The zero-order valence-electron chi connectivity index (χ0n) is 10.5. The van der Waals surface area contributed by atoms with E-state index in [-0.39, 0.29) is 0 Å². The standard InChI is InChI=1S/C12H24O3/c1-5-6-7-8-9-10-14-11(13)15-12(2,3)4/h5-10H2,1-4H3. The van der Waals surface area contributed by atoms with E-state index in [1.807, 2.05) is 20.8 Å². The summed E-state index contributed by atoms with van der Waals surface area (Å²) in [4.78, 5) is 11.1. The molecule has 0 rings (SSSR count). The minimum Gasteiger partial charge on any atom is -0.434 e. The van der Waals surface area contributed by atoms with E-state index in [1.54, 1.807) is 0 Å². The summed E-state index contributed by atoms with van der Waals surface area (Å²) in [7, 11) is 0. The third-order valence-electron chi connectivity index (χ3n) is 1.86. The highest BCUT2D eigenvalue weighted by atomic mass is 16.7. The summed E-state index contributed by atoms with van der Waals surface area (Å²) in [6.45, 7) is 8.14. The summed E-state index contributed by atoms with van der Waals surface area (Å²) < 4.78 is 9.94. The molecule has 0 saturated heterocycles. The molecule has 3 heteroatoms. The van der Waals surface area contributed by atoms with Gasteiger partial charge in [0.15, 0.2) is 0 Å². The van der Waals surface area contributed by atoms with E-state index in [9.17, 15) is 4.79 Å². The van der Waals surface area contributed by atoms with Crippen LogP contribution in [0.15, 0.2) is 0 Å². The van der Waals surface area contributed by atoms with Crippen LogP contribution in [0.25, 0.3) is 0 Å². The average molecular weight is 216 g/mol. The van der Waals surface area contributed by atoms with Crippen LogP contribution in [0.3, 0.4) is 0 Å². The highest BCUT2D eigenvalue weighted by molar-refractivity contribution is 5.60. The number of ether oxygens (including phenoxy) is 2. The van der Waals surface area contributed by atoms with E-state index in [1.165, 1.54) is 19.3 Å². The van der Waals surface area contributed by atoms with Crippen molar-refractivity contribution in [1.82, 2.24) is 0 Å². The Balaban J connectivity index is 3.32. The SMILES string of the molecule is CCCCCCCOC(=O)OC(C)(C)C. The zero-order valence-corrected chi connectivity index (χ0v) is 10.5. The van der Waals surface area contributed by atoms with Crippen LogP contribution in [0.1, 0.15) is 59.8 Å². The second kappa shape index (κ2) is 7.55. The Bertz CT molecular complexity index is 170. The van der Waals surface area contributed by atoms with Crippen LogP contribution in [0.2, 0.25) is 0 Å². The van der Waals surface area contributed by atoms with Crippen molar-refractivity contribution in [2.75, 3.05) is 6.61 Å². The van der Waals surface area contributed by atoms with Crippen LogP contribution in [-0.4, -0.2) is 18.4 Å². The normalized spacial score (nSPS) is 11.2. The van der Waals surface area contributed by atoms with Gasteiger partial charge in [-0.1, -0.05) is 32.6 Å². The number of rotatable bonds is 6. The monoisotopic (exact) mass is 216 g/mol. The first-order chi connectivity index (χ1) is 6.95. The summed E-state index contributed by atoms with van der Waals surface area (Å²) in [5.41, 5.74) is -0.459. The van der Waals surface area contributed by atoms with Crippen LogP contribution >= 0.6 is 0 Å². The van der Waals surface area contributed by atoms with E-state index >= 15 is 0 Å². The van der Waals surface area contributed by atoms with Gasteiger partial charge in [-0.25, -0.2) is 4.79 Å². The molecule has 0 aromatic rings. The van der Waals surface area contributed by atoms with Gasteiger partial charge in [-0.3, -0.25) is 0 Å². The summed E-state index contributed by atoms with van der Waals surface area (Å²) >= 11 is 0. The molecule has 0 aliphatic rings. The third-order valence-corrected chi connectivity index (χ3v) is 1.86. The molecule has 0 spiro atoms. The van der Waals surface area contributed by atoms with Crippen molar-refractivity contribution in [3.63, 3.8) is 0 Å². The van der Waals surface area contributed by atoms with Gasteiger partial charge in [0.05, 0.1) is 6.61 Å². The quantitative estimate of drug-likeness (QED) is 0.499. The highest BCUT2D eigenvalue weighted by Crippen LogP contribution is 2.09. The average Bonchev–Trinajstić information content (AvgIpc) is 2.08. The van der Waals surface area contributed by atoms with E-state index in [4.69, 9.17) is 9.47 Å². The first-order valence-corrected chi connectivity index (χ1v) is 5.81. The van der Waals surface area contributed by atoms with E-state index in [0.29, 0.717) is 6.61 Å². The van der Waals surface area contributed by atoms with Crippen molar-refractivity contribution in [3.05, 3.63) is 0 Å². The molecule has 3 nitrogen and oxygen atoms in total. The molecule has 0 N–H and O–H groups in total. The van der Waals surface area contributed by atoms with Gasteiger partial charge in [0.2, 0.25) is 0 Å². The van der Waals surface area contributed by atoms with Crippen LogP contribution in [0, 0.1) is 0 Å². The smallest absolute Gasteiger partial charge is 0.434 e. The second-order valence-corrected chi connectivity index (χ2v) is 4.73. The van der Waals surface area contributed by atoms with Gasteiger partial charge in [0.1, 0.15) is 5.60 Å². The van der Waals surface area contributed by atoms with Crippen molar-refractivity contribution in [1.29, 1.82) is 0 Å². The minimum atomic E-state index is -0.557. The molecule has 0 saturated carbocycles. The lowest BCUT2D eigenvalue weighted by Gasteiger charge is -2.18. The molecule has 15 heavy (non-hydrogen) atoms. The van der Waals surface area contributed by atoms with Gasteiger partial charge in [-0.2, -0.15) is 0 Å². The number of hydrogen-bond acceptors (Lipinski definition) is 3. The maximum Gasteiger partial charge on any atom is 0.508 e. The molecule has 0 bridgehead atoms. The molecule has 0 aromatic heterocycles. The van der Waals surface area contributed by atoms with E-state index in [0.717, 1.165) is 12.8 Å². The first kappa shape index (κ1) is 14.3. The molecule has 90 valence electrons. The Morgan fingerprint density at radius 3 is 2.20 bits per heavy atom. The van der Waals surface area contributed by atoms with Crippen molar-refractivity contribution in [2.24, 2.45) is 0 Å². The van der Waals surface area contributed by atoms with Crippen LogP contribution in [0.5, 0.6) is 0 Å². The fourth-order valence-corrected chi connectivity index (χ4v) is 1.14. The Kier molecular flexibility index (Phi) is 7.18. The maximum atomic E-state index is 11.1. The van der Waals surface area contributed by atoms with Crippen LogP contribution < -0.4 is 0 Å². The third kappa shape index (κ3) is 11.2. The number of hydrogen-bond donors (Lipinski definition) is 0. The fourth-order valence-electron chi connectivity index (χ4n) is 1.14. The van der Waals surface area contributed by atoms with Gasteiger partial charge >= 0.3 is 6.16 Å². The molecule has 0 aliphatic heterocycles. The first-order valence-electron chi connectivity index (χ1n) is 5.81. The minimum absolute atomic E-state index is 0.459. The molecular weight excluding hydrogens is 192 g/mol. The van der Waals surface area contributed by atoms with Crippen molar-refractivity contribution < 1.29 is 14.3 Å². The van der Waals surface area contributed by atoms with E-state index < -0.39 is 11.8 Å². The van der Waals surface area contributed by atoms with Crippen LogP contribution in [0.4, 0.5) is 4.79 Å². The zero-order chi connectivity index (χ0) is 11.7. The molecule has 0 amide bonds. The van der Waals surface area contributed by atoms with Gasteiger partial charge < -0.3 is 9.47 Å². The topological polar surface area (TPSA) is 35.5 Å². The molecule has 0 heterocycles. The van der Waals surface area contributed by atoms with Gasteiger partial charge in [0, 0.05) is 0 Å². The van der Waals surface area contributed by atoms with Crippen LogP contribution in [-0.2, 0) is 9.47 Å². The molecule has 0 aliphatic carbocycles. The summed E-state index contributed by atoms with van der Waals surface area (Å²) in [5, 5.41) is 0. The lowest BCUT2D eigenvalue weighted by molar-refractivity contribution is -0.00769. The van der Waals surface area contributed by atoms with Gasteiger partial charge in [0.25, 0.3) is 0 Å². The van der Waals surface area contributed by atoms with Gasteiger partial charge in [-0.05, 0) is 27.2 Å². The molecule has 0 atom stereocenters. The number of carbonyl (C=O) groups excluding carboxylic acids is 1. The fraction of sp³-hybridized carbons (Fsp3) is 0.917. The number of unbranched alkanes of at least 4 members (excludes halogenated alkanes) is 4. The highest BCUT2D eigenvalue weighted by Gasteiger charge is 2.16. The summed E-state index contributed by atoms with van der Waals surface area (Å²) in [6, 6.07) is 0. The Hall–Kier alpha value is -0.730. The predicted octanol–water partition coefficient (Wildman–Crippen LogP) is 3.91. The van der Waals surface area contributed by atoms with Crippen molar-refractivity contribution in [3.8, 4) is 0 Å². The molecule has 0 aromatic carbocycles. The Labute approximate surface area is 93.1 Å². The second-order valence-electron chi connectivity index (χ2n) is 4.73. The lowest BCUT2D eigenvalue weighted by Crippen LogP contribution is -2.24. The molecule has 0 unspecified atom stereocenters. The predicted molar refractivity (Wildman–Crippen MR) is 60.9 cm³/mol. The largest absolute Gasteiger partial charge is 0.508 e. The van der Waals surface area contributed by atoms with E-state index in [2.05, 4.69) is 6.92 Å². The maximum absolute atomic E-state index is 11.1. The summed E-state index contributed by atoms with van der Waals surface area (Å²) in [6.07, 6.45) is 5.20. The van der Waals surface area contributed by atoms with Crippen molar-refractivity contribution in [2.45, 2.75) is 65.4 Å². The number of carbonyl (C=O) groups is 1. The summed E-state index contributed by atoms with van der Waals surface area (Å²) in [5.74, 6) is 0. The van der Waals surface area contributed by atoms with Crippen molar-refractivity contribution >= 4 is 6.16 Å².